The van der Waals surface area contributed by atoms with E-state index >= 15 is 0 Å². The molecular weight excluding hydrogens is 390 g/mol. The molecule has 0 aliphatic carbocycles. The quantitative estimate of drug-likeness (QED) is 0.652. The van der Waals surface area contributed by atoms with E-state index in [-0.39, 0.29) is 13.1 Å². The molecule has 2 aromatic heterocycles. The van der Waals surface area contributed by atoms with E-state index in [1.165, 1.54) is 4.31 Å². The SMILES string of the molecule is O=S(=O)(c1ccc(F)cc1F)N1CCN(c2ccc(-n3cccn3)nn2)CC1. The number of anilines is 1. The van der Waals surface area contributed by atoms with Gasteiger partial charge in [0.05, 0.1) is 0 Å². The molecule has 0 radical (unpaired) electrons. The molecule has 146 valence electrons. The summed E-state index contributed by atoms with van der Waals surface area (Å²) in [6.07, 6.45) is 3.39. The smallest absolute Gasteiger partial charge is 0.246 e. The summed E-state index contributed by atoms with van der Waals surface area (Å²) in [6.45, 7) is 1.05. The van der Waals surface area contributed by atoms with E-state index in [9.17, 15) is 17.2 Å². The van der Waals surface area contributed by atoms with Crippen molar-refractivity contribution < 1.29 is 17.2 Å². The molecule has 8 nitrogen and oxygen atoms in total. The summed E-state index contributed by atoms with van der Waals surface area (Å²) in [4.78, 5) is 1.37. The second kappa shape index (κ2) is 7.24. The summed E-state index contributed by atoms with van der Waals surface area (Å²) in [6, 6.07) is 7.79. The molecule has 1 saturated heterocycles. The summed E-state index contributed by atoms with van der Waals surface area (Å²) >= 11 is 0. The predicted molar refractivity (Wildman–Crippen MR) is 96.5 cm³/mol. The average molecular weight is 406 g/mol. The summed E-state index contributed by atoms with van der Waals surface area (Å²) in [5.41, 5.74) is 0. The van der Waals surface area contributed by atoms with Gasteiger partial charge in [-0.05, 0) is 30.3 Å². The van der Waals surface area contributed by atoms with Crippen molar-refractivity contribution in [2.24, 2.45) is 0 Å². The van der Waals surface area contributed by atoms with Crippen molar-refractivity contribution in [3.8, 4) is 5.82 Å². The molecule has 3 aromatic rings. The number of hydrogen-bond acceptors (Lipinski definition) is 6. The van der Waals surface area contributed by atoms with Gasteiger partial charge in [-0.15, -0.1) is 10.2 Å². The van der Waals surface area contributed by atoms with Crippen LogP contribution in [0, 0.1) is 11.6 Å². The van der Waals surface area contributed by atoms with Crippen molar-refractivity contribution in [1.82, 2.24) is 24.3 Å². The summed E-state index contributed by atoms with van der Waals surface area (Å²) in [7, 11) is -4.03. The highest BCUT2D eigenvalue weighted by molar-refractivity contribution is 7.89. The Bertz CT molecular complexity index is 1070. The lowest BCUT2D eigenvalue weighted by molar-refractivity contribution is 0.380. The number of aromatic nitrogens is 4. The van der Waals surface area contributed by atoms with Gasteiger partial charge in [0, 0.05) is 44.6 Å². The van der Waals surface area contributed by atoms with Gasteiger partial charge >= 0.3 is 0 Å². The van der Waals surface area contributed by atoms with Crippen LogP contribution in [-0.4, -0.2) is 58.9 Å². The number of benzene rings is 1. The van der Waals surface area contributed by atoms with Gasteiger partial charge in [0.2, 0.25) is 10.0 Å². The lowest BCUT2D eigenvalue weighted by atomic mass is 10.3. The largest absolute Gasteiger partial charge is 0.352 e. The third-order valence-corrected chi connectivity index (χ3v) is 6.38. The molecule has 0 saturated carbocycles. The first kappa shape index (κ1) is 18.4. The minimum atomic E-state index is -4.03. The number of sulfonamides is 1. The third-order valence-electron chi connectivity index (χ3n) is 4.45. The normalized spacial score (nSPS) is 15.7. The van der Waals surface area contributed by atoms with Crippen molar-refractivity contribution in [2.75, 3.05) is 31.1 Å². The van der Waals surface area contributed by atoms with Crippen LogP contribution < -0.4 is 4.90 Å². The van der Waals surface area contributed by atoms with E-state index in [0.717, 1.165) is 12.1 Å². The minimum absolute atomic E-state index is 0.155. The Morgan fingerprint density at radius 1 is 0.929 bits per heavy atom. The number of hydrogen-bond donors (Lipinski definition) is 0. The van der Waals surface area contributed by atoms with Crippen molar-refractivity contribution >= 4 is 15.8 Å². The molecule has 28 heavy (non-hydrogen) atoms. The van der Waals surface area contributed by atoms with Gasteiger partial charge < -0.3 is 4.90 Å². The van der Waals surface area contributed by atoms with Gasteiger partial charge in [-0.3, -0.25) is 0 Å². The van der Waals surface area contributed by atoms with Crippen molar-refractivity contribution in [1.29, 1.82) is 0 Å². The first-order valence-electron chi connectivity index (χ1n) is 8.49. The number of nitrogens with zero attached hydrogens (tertiary/aromatic N) is 6. The first-order valence-corrected chi connectivity index (χ1v) is 9.93. The highest BCUT2D eigenvalue weighted by atomic mass is 32.2. The minimum Gasteiger partial charge on any atom is -0.352 e. The number of rotatable bonds is 4. The van der Waals surface area contributed by atoms with Gasteiger partial charge in [-0.25, -0.2) is 21.9 Å². The van der Waals surface area contributed by atoms with Gasteiger partial charge in [-0.2, -0.15) is 9.40 Å². The lowest BCUT2D eigenvalue weighted by Crippen LogP contribution is -2.49. The van der Waals surface area contributed by atoms with E-state index in [1.807, 2.05) is 4.90 Å². The highest BCUT2D eigenvalue weighted by Crippen LogP contribution is 2.22. The van der Waals surface area contributed by atoms with Gasteiger partial charge in [-0.1, -0.05) is 0 Å². The molecule has 0 amide bonds. The standard InChI is InChI=1S/C17H16F2N6O2S/c18-13-2-3-15(14(19)12-13)28(26,27)24-10-8-23(9-11-24)16-4-5-17(22-21-16)25-7-1-6-20-25/h1-7,12H,8-11H2. The summed E-state index contributed by atoms with van der Waals surface area (Å²) in [5.74, 6) is -0.733. The van der Waals surface area contributed by atoms with Crippen LogP contribution in [0.1, 0.15) is 0 Å². The van der Waals surface area contributed by atoms with Gasteiger partial charge in [0.1, 0.15) is 16.5 Å². The second-order valence-electron chi connectivity index (χ2n) is 6.17. The van der Waals surface area contributed by atoms with Crippen molar-refractivity contribution in [3.63, 3.8) is 0 Å². The van der Waals surface area contributed by atoms with Crippen LogP contribution in [0.2, 0.25) is 0 Å². The molecule has 0 atom stereocenters. The molecule has 1 aliphatic rings. The van der Waals surface area contributed by atoms with E-state index < -0.39 is 26.6 Å². The van der Waals surface area contributed by atoms with Crippen molar-refractivity contribution in [2.45, 2.75) is 4.90 Å². The van der Waals surface area contributed by atoms with Crippen molar-refractivity contribution in [3.05, 3.63) is 60.4 Å². The summed E-state index contributed by atoms with van der Waals surface area (Å²) in [5, 5.41) is 12.4. The predicted octanol–water partition coefficient (Wildman–Crippen LogP) is 1.45. The highest BCUT2D eigenvalue weighted by Gasteiger charge is 2.31. The Morgan fingerprint density at radius 2 is 1.64 bits per heavy atom. The molecule has 0 N–H and O–H groups in total. The van der Waals surface area contributed by atoms with E-state index in [4.69, 9.17) is 0 Å². The maximum Gasteiger partial charge on any atom is 0.246 e. The Balaban J connectivity index is 1.45. The molecule has 0 bridgehead atoms. The van der Waals surface area contributed by atoms with E-state index in [1.54, 1.807) is 35.3 Å². The van der Waals surface area contributed by atoms with Crippen LogP contribution in [0.3, 0.4) is 0 Å². The second-order valence-corrected chi connectivity index (χ2v) is 8.07. The van der Waals surface area contributed by atoms with Crippen LogP contribution in [-0.2, 0) is 10.0 Å². The van der Waals surface area contributed by atoms with E-state index in [2.05, 4.69) is 15.3 Å². The molecule has 0 spiro atoms. The lowest BCUT2D eigenvalue weighted by Gasteiger charge is -2.34. The molecular formula is C17H16F2N6O2S. The van der Waals surface area contributed by atoms with Crippen LogP contribution >= 0.6 is 0 Å². The Hall–Kier alpha value is -2.92. The molecule has 0 unspecified atom stereocenters. The van der Waals surface area contributed by atoms with E-state index in [0.29, 0.717) is 30.8 Å². The number of halogens is 2. The molecule has 1 fully saturated rings. The maximum absolute atomic E-state index is 13.9. The maximum atomic E-state index is 13.9. The average Bonchev–Trinajstić information content (AvgIpc) is 3.23. The Kier molecular flexibility index (Phi) is 4.77. The topological polar surface area (TPSA) is 84.2 Å². The summed E-state index contributed by atoms with van der Waals surface area (Å²) < 4.78 is 55.0. The van der Waals surface area contributed by atoms with Gasteiger partial charge in [0.25, 0.3) is 0 Å². The zero-order valence-electron chi connectivity index (χ0n) is 14.6. The molecule has 4 rings (SSSR count). The van der Waals surface area contributed by atoms with Crippen LogP contribution in [0.4, 0.5) is 14.6 Å². The zero-order chi connectivity index (χ0) is 19.7. The molecule has 1 aliphatic heterocycles. The Labute approximate surface area is 160 Å². The molecule has 11 heteroatoms. The monoisotopic (exact) mass is 406 g/mol. The van der Waals surface area contributed by atoms with Crippen LogP contribution in [0.5, 0.6) is 0 Å². The first-order chi connectivity index (χ1) is 13.4. The fourth-order valence-corrected chi connectivity index (χ4v) is 4.46. The third kappa shape index (κ3) is 3.45. The fourth-order valence-electron chi connectivity index (χ4n) is 2.99. The number of piperazine rings is 1. The molecule has 1 aromatic carbocycles. The zero-order valence-corrected chi connectivity index (χ0v) is 15.4. The Morgan fingerprint density at radius 3 is 2.25 bits per heavy atom. The fraction of sp³-hybridized carbons (Fsp3) is 0.235. The van der Waals surface area contributed by atoms with Crippen LogP contribution in [0.15, 0.2) is 53.7 Å². The van der Waals surface area contributed by atoms with Gasteiger partial charge in [0.15, 0.2) is 11.6 Å². The van der Waals surface area contributed by atoms with Crippen LogP contribution in [0.25, 0.3) is 5.82 Å². The molecule has 3 heterocycles.